The fraction of sp³-hybridized carbons (Fsp3) is 0.160. The molecule has 32 heavy (non-hydrogen) atoms. The van der Waals surface area contributed by atoms with Crippen LogP contribution >= 0.6 is 11.3 Å². The highest BCUT2D eigenvalue weighted by atomic mass is 32.1. The smallest absolute Gasteiger partial charge is 0.310 e. The molecule has 0 unspecified atom stereocenters. The number of para-hydroxylation sites is 1. The first-order valence-corrected chi connectivity index (χ1v) is 11.0. The molecule has 7 heteroatoms. The van der Waals surface area contributed by atoms with E-state index >= 15 is 0 Å². The normalized spacial score (nSPS) is 11.4. The zero-order valence-corrected chi connectivity index (χ0v) is 18.9. The van der Waals surface area contributed by atoms with Gasteiger partial charge in [0.1, 0.15) is 16.4 Å². The van der Waals surface area contributed by atoms with Gasteiger partial charge >= 0.3 is 6.01 Å². The quantitative estimate of drug-likeness (QED) is 0.334. The topological polar surface area (TPSA) is 57.0 Å². The first-order chi connectivity index (χ1) is 15.3. The van der Waals surface area contributed by atoms with Crippen molar-refractivity contribution in [3.63, 3.8) is 0 Å². The third kappa shape index (κ3) is 3.17. The number of hydrogen-bond acceptors (Lipinski definition) is 5. The summed E-state index contributed by atoms with van der Waals surface area (Å²) < 4.78 is 21.2. The van der Waals surface area contributed by atoms with E-state index in [-0.39, 0.29) is 17.4 Å². The van der Waals surface area contributed by atoms with Gasteiger partial charge in [0.05, 0.1) is 22.3 Å². The van der Waals surface area contributed by atoms with Crippen LogP contribution in [-0.2, 0) is 0 Å². The molecule has 0 N–H and O–H groups in total. The molecule has 5 aromatic rings. The van der Waals surface area contributed by atoms with E-state index in [1.165, 1.54) is 28.8 Å². The lowest BCUT2D eigenvalue weighted by molar-refractivity contribution is 0.424. The van der Waals surface area contributed by atoms with E-state index in [1.807, 2.05) is 52.0 Å². The number of halogens is 1. The second-order valence-corrected chi connectivity index (χ2v) is 8.97. The summed E-state index contributed by atoms with van der Waals surface area (Å²) in [7, 11) is 0. The molecule has 2 aromatic carbocycles. The maximum absolute atomic E-state index is 13.8. The van der Waals surface area contributed by atoms with Crippen LogP contribution < -0.4 is 10.3 Å². The number of ether oxygens (including phenoxy) is 1. The second-order valence-electron chi connectivity index (χ2n) is 7.76. The van der Waals surface area contributed by atoms with Gasteiger partial charge in [-0.05, 0) is 69.2 Å². The van der Waals surface area contributed by atoms with Crippen LogP contribution in [0.25, 0.3) is 26.8 Å². The van der Waals surface area contributed by atoms with E-state index in [2.05, 4.69) is 4.98 Å². The summed E-state index contributed by atoms with van der Waals surface area (Å²) in [5, 5.41) is 1.30. The molecule has 0 saturated heterocycles. The summed E-state index contributed by atoms with van der Waals surface area (Å²) in [6.07, 6.45) is 0. The third-order valence-corrected chi connectivity index (χ3v) is 6.77. The van der Waals surface area contributed by atoms with Crippen molar-refractivity contribution < 1.29 is 9.13 Å². The molecule has 0 aliphatic heterocycles. The molecule has 5 rings (SSSR count). The molecule has 0 bridgehead atoms. The lowest BCUT2D eigenvalue weighted by Crippen LogP contribution is -2.22. The minimum atomic E-state index is -0.388. The van der Waals surface area contributed by atoms with Gasteiger partial charge in [0, 0.05) is 10.3 Å². The van der Waals surface area contributed by atoms with Crippen molar-refractivity contribution >= 4 is 32.5 Å². The zero-order chi connectivity index (χ0) is 22.6. The first-order valence-electron chi connectivity index (χ1n) is 10.2. The van der Waals surface area contributed by atoms with Crippen molar-refractivity contribution in [3.8, 4) is 17.4 Å². The molecule has 0 radical (unpaired) electrons. The average molecular weight is 446 g/mol. The van der Waals surface area contributed by atoms with Crippen molar-refractivity contribution in [1.29, 1.82) is 0 Å². The van der Waals surface area contributed by atoms with Crippen LogP contribution in [0.3, 0.4) is 0 Å². The van der Waals surface area contributed by atoms with Crippen LogP contribution in [0.15, 0.2) is 53.3 Å². The van der Waals surface area contributed by atoms with Crippen molar-refractivity contribution in [2.45, 2.75) is 27.7 Å². The molecule has 5 nitrogen and oxygen atoms in total. The van der Waals surface area contributed by atoms with Gasteiger partial charge in [-0.1, -0.05) is 18.2 Å². The second kappa shape index (κ2) is 7.53. The van der Waals surface area contributed by atoms with Gasteiger partial charge in [0.15, 0.2) is 0 Å². The number of pyridine rings is 1. The van der Waals surface area contributed by atoms with Gasteiger partial charge < -0.3 is 4.74 Å². The van der Waals surface area contributed by atoms with E-state index < -0.39 is 0 Å². The molecule has 0 aliphatic carbocycles. The van der Waals surface area contributed by atoms with E-state index in [0.29, 0.717) is 28.0 Å². The van der Waals surface area contributed by atoms with Crippen LogP contribution in [-0.4, -0.2) is 14.5 Å². The number of aromatic nitrogens is 3. The monoisotopic (exact) mass is 445 g/mol. The summed E-state index contributed by atoms with van der Waals surface area (Å²) in [4.78, 5) is 25.3. The van der Waals surface area contributed by atoms with Gasteiger partial charge in [-0.3, -0.25) is 4.79 Å². The maximum Gasteiger partial charge on any atom is 0.310 e. The molecule has 0 aliphatic rings. The average Bonchev–Trinajstić information content (AvgIpc) is 3.04. The lowest BCUT2D eigenvalue weighted by Gasteiger charge is -2.16. The Morgan fingerprint density at radius 1 is 0.938 bits per heavy atom. The zero-order valence-electron chi connectivity index (χ0n) is 18.1. The highest BCUT2D eigenvalue weighted by Crippen LogP contribution is 2.35. The van der Waals surface area contributed by atoms with Crippen LogP contribution in [0.2, 0.25) is 0 Å². The number of rotatable bonds is 3. The Labute approximate surface area is 187 Å². The van der Waals surface area contributed by atoms with Crippen molar-refractivity contribution in [2.24, 2.45) is 0 Å². The molecular weight excluding hydrogens is 425 g/mol. The molecule has 0 saturated carbocycles. The Bertz CT molecular complexity index is 1570. The SMILES string of the molecule is Cc1ccccc1Oc1nc2c(c(C)nc3sc(C)c(C)c32)c(=O)n1-c1ccc(F)cc1. The lowest BCUT2D eigenvalue weighted by atomic mass is 10.1. The van der Waals surface area contributed by atoms with Crippen molar-refractivity contribution in [2.75, 3.05) is 0 Å². The standard InChI is InChI=1S/C25H20FN3O2S/c1-13-7-5-6-8-19(13)31-25-28-22-20-14(2)16(4)32-23(20)27-15(3)21(22)24(30)29(25)18-11-9-17(26)10-12-18/h5-12H,1-4H3. The fourth-order valence-corrected chi connectivity index (χ4v) is 4.92. The van der Waals surface area contributed by atoms with E-state index in [4.69, 9.17) is 9.72 Å². The highest BCUT2D eigenvalue weighted by Gasteiger charge is 2.22. The number of benzene rings is 2. The molecule has 0 atom stereocenters. The molecule has 0 spiro atoms. The largest absolute Gasteiger partial charge is 0.425 e. The molecule has 0 amide bonds. The molecule has 3 aromatic heterocycles. The summed E-state index contributed by atoms with van der Waals surface area (Å²) in [5.74, 6) is 0.204. The molecule has 160 valence electrons. The van der Waals surface area contributed by atoms with Crippen molar-refractivity contribution in [3.05, 3.63) is 86.4 Å². The predicted octanol–water partition coefficient (Wildman–Crippen LogP) is 6.16. The predicted molar refractivity (Wildman–Crippen MR) is 126 cm³/mol. The first kappa shape index (κ1) is 20.3. The Balaban J connectivity index is 1.91. The molecule has 3 heterocycles. The summed E-state index contributed by atoms with van der Waals surface area (Å²) in [6, 6.07) is 13.4. The molecular formula is C25H20FN3O2S. The van der Waals surface area contributed by atoms with Gasteiger partial charge in [-0.15, -0.1) is 11.3 Å². The number of hydrogen-bond donors (Lipinski definition) is 0. The van der Waals surface area contributed by atoms with Gasteiger partial charge in [0.25, 0.3) is 5.56 Å². The van der Waals surface area contributed by atoms with Gasteiger partial charge in [0.2, 0.25) is 0 Å². The Hall–Kier alpha value is -3.58. The minimum absolute atomic E-state index is 0.124. The summed E-state index contributed by atoms with van der Waals surface area (Å²) >= 11 is 1.59. The van der Waals surface area contributed by atoms with Gasteiger partial charge in [-0.2, -0.15) is 4.98 Å². The summed E-state index contributed by atoms with van der Waals surface area (Å²) in [6.45, 7) is 7.79. The number of aryl methyl sites for hydroxylation is 4. The highest BCUT2D eigenvalue weighted by molar-refractivity contribution is 7.18. The minimum Gasteiger partial charge on any atom is -0.425 e. The Morgan fingerprint density at radius 2 is 1.66 bits per heavy atom. The van der Waals surface area contributed by atoms with Gasteiger partial charge in [-0.25, -0.2) is 13.9 Å². The number of nitrogens with zero attached hydrogens (tertiary/aromatic N) is 3. The number of fused-ring (bicyclic) bond motifs is 3. The van der Waals surface area contributed by atoms with Crippen LogP contribution in [0, 0.1) is 33.5 Å². The Morgan fingerprint density at radius 3 is 2.38 bits per heavy atom. The van der Waals surface area contributed by atoms with E-state index in [9.17, 15) is 9.18 Å². The van der Waals surface area contributed by atoms with E-state index in [1.54, 1.807) is 11.3 Å². The Kier molecular flexibility index (Phi) is 4.78. The maximum atomic E-state index is 13.8. The van der Waals surface area contributed by atoms with Crippen molar-refractivity contribution in [1.82, 2.24) is 14.5 Å². The van der Waals surface area contributed by atoms with Crippen LogP contribution in [0.5, 0.6) is 11.8 Å². The third-order valence-electron chi connectivity index (χ3n) is 5.67. The van der Waals surface area contributed by atoms with Crippen LogP contribution in [0.1, 0.15) is 21.7 Å². The van der Waals surface area contributed by atoms with E-state index in [0.717, 1.165) is 26.2 Å². The fourth-order valence-electron chi connectivity index (χ4n) is 3.84. The van der Waals surface area contributed by atoms with Crippen LogP contribution in [0.4, 0.5) is 4.39 Å². The molecule has 0 fully saturated rings. The summed E-state index contributed by atoms with van der Waals surface area (Å²) in [5.41, 5.74) is 3.29. The number of thiophene rings is 1.